The minimum absolute atomic E-state index is 0.0112. The van der Waals surface area contributed by atoms with Gasteiger partial charge in [0.05, 0.1) is 11.6 Å². The van der Waals surface area contributed by atoms with Crippen molar-refractivity contribution in [3.63, 3.8) is 0 Å². The second-order valence-corrected chi connectivity index (χ2v) is 6.93. The van der Waals surface area contributed by atoms with Crippen LogP contribution in [-0.2, 0) is 16.1 Å². The Labute approximate surface area is 159 Å². The number of rotatable bonds is 5. The van der Waals surface area contributed by atoms with Crippen molar-refractivity contribution < 1.29 is 9.59 Å². The van der Waals surface area contributed by atoms with E-state index in [0.717, 1.165) is 18.4 Å². The first-order valence-electron chi connectivity index (χ1n) is 9.28. The summed E-state index contributed by atoms with van der Waals surface area (Å²) in [5, 5.41) is 14.7. The zero-order valence-electron chi connectivity index (χ0n) is 15.2. The first kappa shape index (κ1) is 18.7. The second-order valence-electron chi connectivity index (χ2n) is 6.93. The average molecular weight is 361 g/mol. The molecule has 5 nitrogen and oxygen atoms in total. The third-order valence-electron chi connectivity index (χ3n) is 5.06. The lowest BCUT2D eigenvalue weighted by Gasteiger charge is -2.27. The Morgan fingerprint density at radius 2 is 1.48 bits per heavy atom. The van der Waals surface area contributed by atoms with Gasteiger partial charge in [-0.1, -0.05) is 30.3 Å². The summed E-state index contributed by atoms with van der Waals surface area (Å²) in [5.74, 6) is -0.0286. The fraction of sp³-hybridized carbons (Fsp3) is 0.318. The molecular formula is C22H23N3O2. The summed E-state index contributed by atoms with van der Waals surface area (Å²) in [5.41, 5.74) is 2.35. The largest absolute Gasteiger partial charge is 0.352 e. The maximum atomic E-state index is 12.4. The molecule has 2 aromatic rings. The number of anilines is 1. The van der Waals surface area contributed by atoms with Crippen LogP contribution in [0.25, 0.3) is 0 Å². The van der Waals surface area contributed by atoms with E-state index in [1.165, 1.54) is 0 Å². The molecule has 1 aliphatic rings. The summed E-state index contributed by atoms with van der Waals surface area (Å²) in [6.07, 6.45) is 2.88. The number of carbonyl (C=O) groups excluding carboxylic acids is 2. The number of benzene rings is 2. The fourth-order valence-corrected chi connectivity index (χ4v) is 3.42. The highest BCUT2D eigenvalue weighted by atomic mass is 16.2. The zero-order chi connectivity index (χ0) is 19.1. The van der Waals surface area contributed by atoms with Crippen LogP contribution in [0.2, 0.25) is 0 Å². The predicted octanol–water partition coefficient (Wildman–Crippen LogP) is 3.62. The lowest BCUT2D eigenvalue weighted by molar-refractivity contribution is -0.128. The number of hydrogen-bond acceptors (Lipinski definition) is 3. The van der Waals surface area contributed by atoms with Crippen molar-refractivity contribution in [2.75, 3.05) is 5.32 Å². The molecule has 2 amide bonds. The standard InChI is InChI=1S/C22H23N3O2/c23-14-16-6-12-20(13-7-16)25-22(27)19-10-8-18(9-11-19)21(26)24-15-17-4-2-1-3-5-17/h1-7,12-13,18-19H,8-11,15H2,(H,24,26)(H,25,27). The highest BCUT2D eigenvalue weighted by Gasteiger charge is 2.29. The quantitative estimate of drug-likeness (QED) is 0.853. The third kappa shape index (κ3) is 5.18. The first-order valence-corrected chi connectivity index (χ1v) is 9.28. The molecule has 0 bridgehead atoms. The Balaban J connectivity index is 1.44. The Kier molecular flexibility index (Phi) is 6.22. The maximum absolute atomic E-state index is 12.4. The summed E-state index contributed by atoms with van der Waals surface area (Å²) < 4.78 is 0. The molecular weight excluding hydrogens is 338 g/mol. The minimum atomic E-state index is -0.0705. The Bertz CT molecular complexity index is 817. The van der Waals surface area contributed by atoms with Gasteiger partial charge in [0.15, 0.2) is 0 Å². The molecule has 2 aromatic carbocycles. The van der Waals surface area contributed by atoms with Crippen LogP contribution in [0.3, 0.4) is 0 Å². The number of carbonyl (C=O) groups is 2. The summed E-state index contributed by atoms with van der Waals surface area (Å²) in [4.78, 5) is 24.8. The van der Waals surface area contributed by atoms with Crippen molar-refractivity contribution in [3.8, 4) is 6.07 Å². The smallest absolute Gasteiger partial charge is 0.227 e. The molecule has 2 N–H and O–H groups in total. The molecule has 5 heteroatoms. The molecule has 0 aromatic heterocycles. The van der Waals surface area contributed by atoms with Crippen molar-refractivity contribution in [2.45, 2.75) is 32.2 Å². The van der Waals surface area contributed by atoms with Crippen LogP contribution < -0.4 is 10.6 Å². The molecule has 0 atom stereocenters. The van der Waals surface area contributed by atoms with E-state index in [1.807, 2.05) is 30.3 Å². The number of nitrogens with one attached hydrogen (secondary N) is 2. The van der Waals surface area contributed by atoms with Gasteiger partial charge in [0.2, 0.25) is 11.8 Å². The van der Waals surface area contributed by atoms with Gasteiger partial charge >= 0.3 is 0 Å². The van der Waals surface area contributed by atoms with E-state index < -0.39 is 0 Å². The van der Waals surface area contributed by atoms with Crippen LogP contribution in [0.5, 0.6) is 0 Å². The molecule has 3 rings (SSSR count). The molecule has 1 fully saturated rings. The van der Waals surface area contributed by atoms with Crippen molar-refractivity contribution in [1.82, 2.24) is 5.32 Å². The van der Waals surface area contributed by atoms with Gasteiger partial charge in [0.1, 0.15) is 0 Å². The van der Waals surface area contributed by atoms with Crippen molar-refractivity contribution in [2.24, 2.45) is 11.8 Å². The summed E-state index contributed by atoms with van der Waals surface area (Å²) in [6.45, 7) is 0.540. The van der Waals surface area contributed by atoms with E-state index in [4.69, 9.17) is 5.26 Å². The Morgan fingerprint density at radius 1 is 0.889 bits per heavy atom. The second kappa shape index (κ2) is 9.00. The molecule has 0 aliphatic heterocycles. The molecule has 0 spiro atoms. The number of amides is 2. The van der Waals surface area contributed by atoms with E-state index in [-0.39, 0.29) is 23.7 Å². The SMILES string of the molecule is N#Cc1ccc(NC(=O)C2CCC(C(=O)NCc3ccccc3)CC2)cc1. The topological polar surface area (TPSA) is 82.0 Å². The van der Waals surface area contributed by atoms with Crippen LogP contribution in [0.15, 0.2) is 54.6 Å². The van der Waals surface area contributed by atoms with Gasteiger partial charge in [0, 0.05) is 24.1 Å². The highest BCUT2D eigenvalue weighted by Crippen LogP contribution is 2.30. The van der Waals surface area contributed by atoms with Gasteiger partial charge in [-0.05, 0) is 55.5 Å². The number of nitrogens with zero attached hydrogens (tertiary/aromatic N) is 1. The molecule has 27 heavy (non-hydrogen) atoms. The molecule has 0 heterocycles. The van der Waals surface area contributed by atoms with Crippen LogP contribution in [0.1, 0.15) is 36.8 Å². The van der Waals surface area contributed by atoms with Crippen LogP contribution in [0.4, 0.5) is 5.69 Å². The normalized spacial score (nSPS) is 18.9. The van der Waals surface area contributed by atoms with Crippen LogP contribution in [0, 0.1) is 23.2 Å². The Hall–Kier alpha value is -3.13. The molecule has 1 saturated carbocycles. The first-order chi connectivity index (χ1) is 13.2. The van der Waals surface area contributed by atoms with Gasteiger partial charge in [0.25, 0.3) is 0 Å². The van der Waals surface area contributed by atoms with Gasteiger partial charge in [-0.2, -0.15) is 5.26 Å². The van der Waals surface area contributed by atoms with Gasteiger partial charge < -0.3 is 10.6 Å². The van der Waals surface area contributed by atoms with Crippen LogP contribution >= 0.6 is 0 Å². The lowest BCUT2D eigenvalue weighted by atomic mass is 9.81. The monoisotopic (exact) mass is 361 g/mol. The van der Waals surface area contributed by atoms with Crippen molar-refractivity contribution in [3.05, 3.63) is 65.7 Å². The minimum Gasteiger partial charge on any atom is -0.352 e. The Morgan fingerprint density at radius 3 is 2.07 bits per heavy atom. The third-order valence-corrected chi connectivity index (χ3v) is 5.06. The summed E-state index contributed by atoms with van der Waals surface area (Å²) >= 11 is 0. The van der Waals surface area contributed by atoms with Gasteiger partial charge in [-0.3, -0.25) is 9.59 Å². The zero-order valence-corrected chi connectivity index (χ0v) is 15.2. The lowest BCUT2D eigenvalue weighted by Crippen LogP contribution is -2.35. The average Bonchev–Trinajstić information content (AvgIpc) is 2.73. The van der Waals surface area contributed by atoms with E-state index in [0.29, 0.717) is 30.6 Å². The molecule has 1 aliphatic carbocycles. The fourth-order valence-electron chi connectivity index (χ4n) is 3.42. The van der Waals surface area contributed by atoms with E-state index in [9.17, 15) is 9.59 Å². The van der Waals surface area contributed by atoms with Crippen molar-refractivity contribution in [1.29, 1.82) is 5.26 Å². The molecule has 138 valence electrons. The highest BCUT2D eigenvalue weighted by molar-refractivity contribution is 5.92. The summed E-state index contributed by atoms with van der Waals surface area (Å²) in [7, 11) is 0. The summed E-state index contributed by atoms with van der Waals surface area (Å²) in [6, 6.07) is 18.7. The molecule has 0 unspecified atom stereocenters. The number of hydrogen-bond donors (Lipinski definition) is 2. The molecule has 0 radical (unpaired) electrons. The van der Waals surface area contributed by atoms with E-state index in [2.05, 4.69) is 16.7 Å². The van der Waals surface area contributed by atoms with E-state index >= 15 is 0 Å². The van der Waals surface area contributed by atoms with Gasteiger partial charge in [-0.15, -0.1) is 0 Å². The maximum Gasteiger partial charge on any atom is 0.227 e. The van der Waals surface area contributed by atoms with Gasteiger partial charge in [-0.25, -0.2) is 0 Å². The van der Waals surface area contributed by atoms with Crippen LogP contribution in [-0.4, -0.2) is 11.8 Å². The van der Waals surface area contributed by atoms with E-state index in [1.54, 1.807) is 24.3 Å². The number of nitriles is 1. The molecule has 0 saturated heterocycles. The predicted molar refractivity (Wildman–Crippen MR) is 104 cm³/mol. The van der Waals surface area contributed by atoms with Crippen molar-refractivity contribution >= 4 is 17.5 Å².